The summed E-state index contributed by atoms with van der Waals surface area (Å²) in [6, 6.07) is 0. The van der Waals surface area contributed by atoms with Crippen molar-refractivity contribution in [2.24, 2.45) is 5.92 Å². The van der Waals surface area contributed by atoms with E-state index >= 15 is 0 Å². The van der Waals surface area contributed by atoms with Gasteiger partial charge in [-0.15, -0.1) is 0 Å². The molecule has 1 rings (SSSR count). The van der Waals surface area contributed by atoms with Crippen LogP contribution in [0.5, 0.6) is 0 Å². The molecule has 8 atom stereocenters. The summed E-state index contributed by atoms with van der Waals surface area (Å²) in [5, 5.41) is 0. The molecule has 1 heterocycles. The van der Waals surface area contributed by atoms with Crippen LogP contribution in [0.25, 0.3) is 0 Å². The number of allylic oxidation sites excluding steroid dienone is 2. The first-order valence-electron chi connectivity index (χ1n) is 13.0. The molecule has 16 nitrogen and oxygen atoms in total. The highest BCUT2D eigenvalue weighted by Gasteiger charge is 2.55. The van der Waals surface area contributed by atoms with Crippen molar-refractivity contribution in [2.45, 2.75) is 98.4 Å². The summed E-state index contributed by atoms with van der Waals surface area (Å²) in [7, 11) is -10.7. The maximum absolute atomic E-state index is 12.8. The van der Waals surface area contributed by atoms with E-state index in [-0.39, 0.29) is 12.5 Å². The van der Waals surface area contributed by atoms with Crippen LogP contribution in [0, 0.1) is 5.92 Å². The standard InChI is InChI=1S/C24H40O16P2/c1-14(2)9-8-10-15(3)11-12-34-41(29,30)40-42(31,32)39-24-23(37-19(7)28)22(36-18(6)27)21(35-17(5)26)20(38-24)13-33-16(4)25/h9,15,20-24H,8,10-13H2,1-7H3,(H,29,30)(H,31,32)/t15-,20-,21-,22+,23-,24-/m1/s1. The second-order valence-electron chi connectivity index (χ2n) is 9.78. The molecule has 1 fully saturated rings. The van der Waals surface area contributed by atoms with Gasteiger partial charge in [0.1, 0.15) is 12.7 Å². The first-order chi connectivity index (χ1) is 19.3. The highest BCUT2D eigenvalue weighted by atomic mass is 31.3. The van der Waals surface area contributed by atoms with Crippen molar-refractivity contribution in [3.8, 4) is 0 Å². The van der Waals surface area contributed by atoms with Gasteiger partial charge in [-0.2, -0.15) is 4.31 Å². The molecule has 0 bridgehead atoms. The topological polar surface area (TPSA) is 217 Å². The monoisotopic (exact) mass is 646 g/mol. The highest BCUT2D eigenvalue weighted by molar-refractivity contribution is 7.61. The summed E-state index contributed by atoms with van der Waals surface area (Å²) in [6.07, 6.45) is -4.80. The Hall–Kier alpha value is -2.16. The number of phosphoric acid groups is 2. The molecular weight excluding hydrogens is 606 g/mol. The van der Waals surface area contributed by atoms with Crippen molar-refractivity contribution in [1.29, 1.82) is 0 Å². The number of carbonyl (C=O) groups is 4. The van der Waals surface area contributed by atoms with Crippen molar-refractivity contribution >= 4 is 39.5 Å². The van der Waals surface area contributed by atoms with Crippen molar-refractivity contribution < 1.29 is 75.1 Å². The summed E-state index contributed by atoms with van der Waals surface area (Å²) in [6.45, 7) is 8.88. The first-order valence-corrected chi connectivity index (χ1v) is 15.9. The maximum atomic E-state index is 12.8. The molecule has 0 saturated carbocycles. The third-order valence-corrected chi connectivity index (χ3v) is 8.10. The number of phosphoric ester groups is 2. The Morgan fingerprint density at radius 2 is 1.36 bits per heavy atom. The molecule has 0 aromatic rings. The van der Waals surface area contributed by atoms with E-state index in [0.717, 1.165) is 46.1 Å². The van der Waals surface area contributed by atoms with Crippen LogP contribution in [0.1, 0.15) is 67.7 Å². The fraction of sp³-hybridized carbons (Fsp3) is 0.750. The molecule has 0 aromatic carbocycles. The number of carbonyl (C=O) groups excluding carboxylic acids is 4. The normalized spacial score (nSPS) is 25.6. The zero-order valence-electron chi connectivity index (χ0n) is 24.6. The van der Waals surface area contributed by atoms with Gasteiger partial charge in [0.25, 0.3) is 0 Å². The fourth-order valence-electron chi connectivity index (χ4n) is 3.75. The Morgan fingerprint density at radius 1 is 0.810 bits per heavy atom. The van der Waals surface area contributed by atoms with Gasteiger partial charge < -0.3 is 33.5 Å². The van der Waals surface area contributed by atoms with Crippen LogP contribution < -0.4 is 0 Å². The largest absolute Gasteiger partial charge is 0.483 e. The first kappa shape index (κ1) is 37.9. The second-order valence-corrected chi connectivity index (χ2v) is 12.8. The van der Waals surface area contributed by atoms with Gasteiger partial charge >= 0.3 is 39.5 Å². The molecule has 1 aliphatic rings. The number of rotatable bonds is 16. The summed E-state index contributed by atoms with van der Waals surface area (Å²) in [5.41, 5.74) is 1.15. The number of hydrogen-bond acceptors (Lipinski definition) is 14. The quantitative estimate of drug-likeness (QED) is 0.107. The third kappa shape index (κ3) is 14.8. The average Bonchev–Trinajstić information content (AvgIpc) is 2.79. The van der Waals surface area contributed by atoms with Gasteiger partial charge in [0, 0.05) is 27.7 Å². The van der Waals surface area contributed by atoms with Crippen molar-refractivity contribution in [1.82, 2.24) is 0 Å². The van der Waals surface area contributed by atoms with E-state index in [9.17, 15) is 38.1 Å². The van der Waals surface area contributed by atoms with Crippen molar-refractivity contribution in [3.05, 3.63) is 11.6 Å². The lowest BCUT2D eigenvalue weighted by Crippen LogP contribution is -2.62. The molecule has 0 amide bonds. The Morgan fingerprint density at radius 3 is 1.88 bits per heavy atom. The third-order valence-electron chi connectivity index (χ3n) is 5.47. The summed E-state index contributed by atoms with van der Waals surface area (Å²) in [5.74, 6) is -3.54. The minimum atomic E-state index is -5.55. The van der Waals surface area contributed by atoms with Crippen LogP contribution in [0.3, 0.4) is 0 Å². The van der Waals surface area contributed by atoms with E-state index in [0.29, 0.717) is 6.42 Å². The molecule has 2 N–H and O–H groups in total. The van der Waals surface area contributed by atoms with Gasteiger partial charge in [-0.1, -0.05) is 18.6 Å². The molecule has 18 heteroatoms. The minimum Gasteiger partial charge on any atom is -0.463 e. The van der Waals surface area contributed by atoms with Crippen LogP contribution in [-0.2, 0) is 65.4 Å². The molecule has 1 saturated heterocycles. The van der Waals surface area contributed by atoms with E-state index in [4.69, 9.17) is 32.7 Å². The van der Waals surface area contributed by atoms with Crippen LogP contribution in [0.15, 0.2) is 11.6 Å². The summed E-state index contributed by atoms with van der Waals surface area (Å²) >= 11 is 0. The van der Waals surface area contributed by atoms with E-state index in [1.54, 1.807) is 0 Å². The lowest BCUT2D eigenvalue weighted by atomic mass is 9.98. The van der Waals surface area contributed by atoms with Crippen molar-refractivity contribution in [2.75, 3.05) is 13.2 Å². The van der Waals surface area contributed by atoms with Crippen molar-refractivity contribution in [3.63, 3.8) is 0 Å². The van der Waals surface area contributed by atoms with Gasteiger partial charge in [0.2, 0.25) is 6.29 Å². The number of esters is 4. The molecule has 42 heavy (non-hydrogen) atoms. The fourth-order valence-corrected chi connectivity index (χ4v) is 5.90. The summed E-state index contributed by atoms with van der Waals surface area (Å²) in [4.78, 5) is 67.3. The van der Waals surface area contributed by atoms with Gasteiger partial charge in [0.05, 0.1) is 6.61 Å². The van der Waals surface area contributed by atoms with Crippen LogP contribution >= 0.6 is 15.6 Å². The lowest BCUT2D eigenvalue weighted by molar-refractivity contribution is -0.291. The van der Waals surface area contributed by atoms with Gasteiger partial charge in [-0.05, 0) is 39.0 Å². The average molecular weight is 647 g/mol. The van der Waals surface area contributed by atoms with Crippen LogP contribution in [0.2, 0.25) is 0 Å². The molecule has 0 aromatic heterocycles. The zero-order chi connectivity index (χ0) is 32.3. The highest BCUT2D eigenvalue weighted by Crippen LogP contribution is 2.61. The van der Waals surface area contributed by atoms with E-state index < -0.39 is 76.8 Å². The van der Waals surface area contributed by atoms with E-state index in [2.05, 4.69) is 4.31 Å². The van der Waals surface area contributed by atoms with Crippen LogP contribution in [0.4, 0.5) is 0 Å². The Labute approximate surface area is 244 Å². The predicted molar refractivity (Wildman–Crippen MR) is 142 cm³/mol. The Balaban J connectivity index is 3.14. The van der Waals surface area contributed by atoms with Gasteiger partial charge in [-0.25, -0.2) is 9.13 Å². The van der Waals surface area contributed by atoms with E-state index in [1.165, 1.54) is 0 Å². The minimum absolute atomic E-state index is 0.0930. The molecule has 1 aliphatic heterocycles. The Bertz CT molecular complexity index is 1070. The predicted octanol–water partition coefficient (Wildman–Crippen LogP) is 3.09. The molecular formula is C24H40O16P2. The molecule has 0 aliphatic carbocycles. The molecule has 242 valence electrons. The lowest BCUT2D eigenvalue weighted by Gasteiger charge is -2.43. The zero-order valence-corrected chi connectivity index (χ0v) is 26.4. The van der Waals surface area contributed by atoms with Gasteiger partial charge in [0.15, 0.2) is 18.3 Å². The SMILES string of the molecule is CC(=O)OC[C@H]1O[C@H](OP(=O)(O)OP(=O)(O)OCC[C@H](C)CCC=C(C)C)[C@H](OC(C)=O)[C@@H](OC(C)=O)[C@@H]1OC(C)=O. The molecule has 0 spiro atoms. The number of hydrogen-bond donors (Lipinski definition) is 2. The Kier molecular flexibility index (Phi) is 15.5. The summed E-state index contributed by atoms with van der Waals surface area (Å²) < 4.78 is 65.2. The molecule has 0 radical (unpaired) electrons. The molecule has 2 unspecified atom stereocenters. The number of ether oxygens (including phenoxy) is 5. The van der Waals surface area contributed by atoms with Crippen LogP contribution in [-0.4, -0.2) is 77.6 Å². The van der Waals surface area contributed by atoms with E-state index in [1.807, 2.05) is 26.8 Å². The second kappa shape index (κ2) is 17.2. The smallest absolute Gasteiger partial charge is 0.463 e. The maximum Gasteiger partial charge on any atom is 0.483 e. The van der Waals surface area contributed by atoms with Gasteiger partial charge in [-0.3, -0.25) is 28.2 Å².